The van der Waals surface area contributed by atoms with E-state index in [0.717, 1.165) is 0 Å². The second-order valence-electron chi connectivity index (χ2n) is 2.79. The quantitative estimate of drug-likeness (QED) is 0.843. The number of thioether (sulfide) groups is 1. The summed E-state index contributed by atoms with van der Waals surface area (Å²) < 4.78 is 0. The third-order valence-corrected chi connectivity index (χ3v) is 2.74. The van der Waals surface area contributed by atoms with Crippen LogP contribution in [0.5, 0.6) is 0 Å². The summed E-state index contributed by atoms with van der Waals surface area (Å²) in [6.45, 7) is 3.90. The number of aliphatic hydroxyl groups is 1. The zero-order valence-electron chi connectivity index (χ0n) is 7.81. The molecule has 1 nitrogen and oxygen atoms in total. The number of halogens is 1. The maximum atomic E-state index is 9.15. The third-order valence-electron chi connectivity index (χ3n) is 1.67. The van der Waals surface area contributed by atoms with Crippen LogP contribution < -0.4 is 0 Å². The Balaban J connectivity index is 0.00000144. The first-order valence-corrected chi connectivity index (χ1v) is 5.03. The van der Waals surface area contributed by atoms with Crippen molar-refractivity contribution in [3.8, 4) is 0 Å². The first-order valence-electron chi connectivity index (χ1n) is 4.08. The molecule has 1 N–H and O–H groups in total. The van der Waals surface area contributed by atoms with E-state index in [1.807, 2.05) is 18.2 Å². The molecule has 74 valence electrons. The van der Waals surface area contributed by atoms with Crippen molar-refractivity contribution in [2.45, 2.75) is 24.5 Å². The topological polar surface area (TPSA) is 20.2 Å². The van der Waals surface area contributed by atoms with Crippen LogP contribution in [0.2, 0.25) is 0 Å². The standard InChI is InChI=1S/C10H14OS.BrH/c1-8(12-9(2)11)10-6-4-3-5-7-10;/h3-9,11H,1-2H3;1H. The first-order chi connectivity index (χ1) is 5.70. The Morgan fingerprint density at radius 2 is 1.69 bits per heavy atom. The molecule has 1 aromatic rings. The minimum Gasteiger partial charge on any atom is -0.383 e. The van der Waals surface area contributed by atoms with Crippen molar-refractivity contribution in [2.75, 3.05) is 0 Å². The van der Waals surface area contributed by atoms with Crippen molar-refractivity contribution in [3.63, 3.8) is 0 Å². The molecule has 0 spiro atoms. The molecule has 0 fully saturated rings. The SMILES string of the molecule is Br.CC(O)SC(C)c1ccccc1. The molecule has 0 aliphatic rings. The highest BCUT2D eigenvalue weighted by Crippen LogP contribution is 2.29. The predicted molar refractivity (Wildman–Crippen MR) is 64.5 cm³/mol. The second-order valence-corrected chi connectivity index (χ2v) is 4.45. The molecule has 0 saturated carbocycles. The zero-order chi connectivity index (χ0) is 8.97. The van der Waals surface area contributed by atoms with Gasteiger partial charge in [-0.3, -0.25) is 0 Å². The van der Waals surface area contributed by atoms with Crippen LogP contribution in [0.25, 0.3) is 0 Å². The summed E-state index contributed by atoms with van der Waals surface area (Å²) >= 11 is 1.56. The van der Waals surface area contributed by atoms with Gasteiger partial charge in [0.25, 0.3) is 0 Å². The molecule has 0 aliphatic carbocycles. The minimum absolute atomic E-state index is 0. The molecule has 0 bridgehead atoms. The number of hydrogen-bond donors (Lipinski definition) is 1. The first kappa shape index (κ1) is 13.0. The van der Waals surface area contributed by atoms with E-state index in [1.165, 1.54) is 5.56 Å². The molecule has 3 heteroatoms. The summed E-state index contributed by atoms with van der Waals surface area (Å²) in [4.78, 5) is 0. The van der Waals surface area contributed by atoms with Crippen molar-refractivity contribution < 1.29 is 5.11 Å². The molecule has 1 aromatic carbocycles. The molecular weight excluding hydrogens is 248 g/mol. The van der Waals surface area contributed by atoms with Gasteiger partial charge < -0.3 is 5.11 Å². The van der Waals surface area contributed by atoms with Gasteiger partial charge in [-0.1, -0.05) is 30.3 Å². The number of aliphatic hydroxyl groups excluding tert-OH is 1. The summed E-state index contributed by atoms with van der Waals surface area (Å²) in [5.74, 6) is 0. The summed E-state index contributed by atoms with van der Waals surface area (Å²) in [5.41, 5.74) is 0.976. The Kier molecular flexibility index (Phi) is 6.47. The minimum atomic E-state index is -0.291. The molecule has 0 radical (unpaired) electrons. The molecular formula is C10H15BrOS. The highest BCUT2D eigenvalue weighted by Gasteiger charge is 2.07. The normalized spacial score (nSPS) is 14.4. The summed E-state index contributed by atoms with van der Waals surface area (Å²) in [7, 11) is 0. The lowest BCUT2D eigenvalue weighted by Crippen LogP contribution is -1.97. The molecule has 13 heavy (non-hydrogen) atoms. The Morgan fingerprint density at radius 1 is 1.15 bits per heavy atom. The molecule has 0 aromatic heterocycles. The van der Waals surface area contributed by atoms with Crippen molar-refractivity contribution in [3.05, 3.63) is 35.9 Å². The Morgan fingerprint density at radius 3 is 2.15 bits per heavy atom. The van der Waals surface area contributed by atoms with Crippen molar-refractivity contribution >= 4 is 28.7 Å². The molecule has 2 atom stereocenters. The summed E-state index contributed by atoms with van der Waals surface area (Å²) in [6, 6.07) is 10.2. The van der Waals surface area contributed by atoms with Gasteiger partial charge in [-0.25, -0.2) is 0 Å². The molecule has 0 aliphatic heterocycles. The van der Waals surface area contributed by atoms with Gasteiger partial charge in [0.05, 0.1) is 5.44 Å². The third kappa shape index (κ3) is 4.69. The fourth-order valence-electron chi connectivity index (χ4n) is 1.10. The maximum Gasteiger partial charge on any atom is 0.0970 e. The predicted octanol–water partition coefficient (Wildman–Crippen LogP) is 3.40. The van der Waals surface area contributed by atoms with Gasteiger partial charge in [-0.05, 0) is 19.4 Å². The summed E-state index contributed by atoms with van der Waals surface area (Å²) in [5, 5.41) is 9.51. The van der Waals surface area contributed by atoms with Gasteiger partial charge >= 0.3 is 0 Å². The van der Waals surface area contributed by atoms with Crippen LogP contribution in [0.3, 0.4) is 0 Å². The highest BCUT2D eigenvalue weighted by atomic mass is 79.9. The van der Waals surface area contributed by atoms with E-state index in [4.69, 9.17) is 5.11 Å². The Bertz CT molecular complexity index is 226. The summed E-state index contributed by atoms with van der Waals surface area (Å²) in [6.07, 6.45) is 0. The van der Waals surface area contributed by atoms with E-state index in [2.05, 4.69) is 19.1 Å². The average molecular weight is 263 g/mol. The van der Waals surface area contributed by atoms with Crippen LogP contribution in [0.1, 0.15) is 24.7 Å². The lowest BCUT2D eigenvalue weighted by molar-refractivity contribution is 0.283. The second kappa shape index (κ2) is 6.46. The Hall–Kier alpha value is 0.0100. The average Bonchev–Trinajstić information content (AvgIpc) is 2.05. The van der Waals surface area contributed by atoms with Gasteiger partial charge in [0, 0.05) is 5.25 Å². The van der Waals surface area contributed by atoms with Crippen LogP contribution in [0, 0.1) is 0 Å². The van der Waals surface area contributed by atoms with Crippen LogP contribution in [0.15, 0.2) is 30.3 Å². The number of hydrogen-bond acceptors (Lipinski definition) is 2. The maximum absolute atomic E-state index is 9.15. The van der Waals surface area contributed by atoms with Gasteiger partial charge in [0.1, 0.15) is 0 Å². The van der Waals surface area contributed by atoms with Crippen molar-refractivity contribution in [1.82, 2.24) is 0 Å². The van der Waals surface area contributed by atoms with Gasteiger partial charge in [-0.2, -0.15) is 0 Å². The van der Waals surface area contributed by atoms with E-state index < -0.39 is 0 Å². The van der Waals surface area contributed by atoms with E-state index in [9.17, 15) is 0 Å². The monoisotopic (exact) mass is 262 g/mol. The van der Waals surface area contributed by atoms with Crippen molar-refractivity contribution in [1.29, 1.82) is 0 Å². The lowest BCUT2D eigenvalue weighted by Gasteiger charge is -2.12. The Labute approximate surface area is 94.3 Å². The van der Waals surface area contributed by atoms with Crippen LogP contribution in [0.4, 0.5) is 0 Å². The lowest BCUT2D eigenvalue weighted by atomic mass is 10.2. The van der Waals surface area contributed by atoms with Crippen LogP contribution in [-0.4, -0.2) is 10.5 Å². The molecule has 0 saturated heterocycles. The molecule has 0 heterocycles. The smallest absolute Gasteiger partial charge is 0.0970 e. The van der Waals surface area contributed by atoms with Crippen LogP contribution >= 0.6 is 28.7 Å². The molecule has 2 unspecified atom stereocenters. The van der Waals surface area contributed by atoms with Gasteiger partial charge in [-0.15, -0.1) is 28.7 Å². The largest absolute Gasteiger partial charge is 0.383 e. The van der Waals surface area contributed by atoms with E-state index in [1.54, 1.807) is 18.7 Å². The van der Waals surface area contributed by atoms with E-state index in [0.29, 0.717) is 5.25 Å². The van der Waals surface area contributed by atoms with Crippen LogP contribution in [-0.2, 0) is 0 Å². The van der Waals surface area contributed by atoms with E-state index >= 15 is 0 Å². The molecule has 1 rings (SSSR count). The molecule has 0 amide bonds. The van der Waals surface area contributed by atoms with E-state index in [-0.39, 0.29) is 22.4 Å². The van der Waals surface area contributed by atoms with Gasteiger partial charge in [0.2, 0.25) is 0 Å². The number of benzene rings is 1. The van der Waals surface area contributed by atoms with Gasteiger partial charge in [0.15, 0.2) is 0 Å². The fourth-order valence-corrected chi connectivity index (χ4v) is 2.00. The fraction of sp³-hybridized carbons (Fsp3) is 0.400. The van der Waals surface area contributed by atoms with Crippen molar-refractivity contribution in [2.24, 2.45) is 0 Å². The highest BCUT2D eigenvalue weighted by molar-refractivity contribution is 8.93. The zero-order valence-corrected chi connectivity index (χ0v) is 10.3. The number of rotatable bonds is 3.